The van der Waals surface area contributed by atoms with Crippen LogP contribution in [-0.4, -0.2) is 23.9 Å². The lowest BCUT2D eigenvalue weighted by Gasteiger charge is -2.18. The van der Waals surface area contributed by atoms with Crippen LogP contribution in [0.3, 0.4) is 0 Å². The minimum Gasteiger partial charge on any atom is -0.318 e. The van der Waals surface area contributed by atoms with Gasteiger partial charge in [-0.05, 0) is 35.4 Å². The number of nitrogens with one attached hydrogen (secondary N) is 2. The molecule has 0 atom stereocenters. The van der Waals surface area contributed by atoms with Gasteiger partial charge in [-0.3, -0.25) is 19.7 Å². The molecule has 5 nitrogen and oxygen atoms in total. The Kier molecular flexibility index (Phi) is 4.33. The van der Waals surface area contributed by atoms with Crippen molar-refractivity contribution >= 4 is 35.1 Å². The first-order valence-corrected chi connectivity index (χ1v) is 7.41. The molecule has 2 aromatic carbocycles. The zero-order valence-electron chi connectivity index (χ0n) is 13.1. The van der Waals surface area contributed by atoms with Crippen LogP contribution in [0.5, 0.6) is 0 Å². The molecule has 1 aliphatic heterocycles. The van der Waals surface area contributed by atoms with Crippen molar-refractivity contribution in [2.75, 3.05) is 5.32 Å². The molecule has 0 unspecified atom stereocenters. The summed E-state index contributed by atoms with van der Waals surface area (Å²) in [6.07, 6.45) is -3.57. The Morgan fingerprint density at radius 3 is 2.35 bits per heavy atom. The van der Waals surface area contributed by atoms with Crippen LogP contribution in [0.25, 0.3) is 11.6 Å². The number of halogens is 3. The van der Waals surface area contributed by atoms with Crippen molar-refractivity contribution in [3.63, 3.8) is 0 Å². The molecule has 3 amide bonds. The number of imide groups is 1. The van der Waals surface area contributed by atoms with Gasteiger partial charge in [-0.25, -0.2) is 0 Å². The average Bonchev–Trinajstić information content (AvgIpc) is 2.58. The number of carbonyl (C=O) groups is 3. The normalized spacial score (nSPS) is 15.4. The highest BCUT2D eigenvalue weighted by atomic mass is 19.4. The van der Waals surface area contributed by atoms with E-state index in [2.05, 4.69) is 5.32 Å². The van der Waals surface area contributed by atoms with E-state index in [0.717, 1.165) is 0 Å². The van der Waals surface area contributed by atoms with E-state index in [0.29, 0.717) is 16.7 Å². The number of benzene rings is 2. The summed E-state index contributed by atoms with van der Waals surface area (Å²) in [5, 5.41) is 3.96. The Morgan fingerprint density at radius 1 is 0.962 bits per heavy atom. The smallest absolute Gasteiger partial charge is 0.318 e. The van der Waals surface area contributed by atoms with Crippen molar-refractivity contribution < 1.29 is 27.6 Å². The van der Waals surface area contributed by atoms with Gasteiger partial charge in [-0.15, -0.1) is 0 Å². The molecular formula is C18H11F3N2O3. The summed E-state index contributed by atoms with van der Waals surface area (Å²) in [4.78, 5) is 35.0. The topological polar surface area (TPSA) is 75.3 Å². The molecule has 0 aliphatic carbocycles. The molecule has 0 saturated heterocycles. The molecule has 2 N–H and O–H groups in total. The van der Waals surface area contributed by atoms with E-state index in [9.17, 15) is 27.6 Å². The van der Waals surface area contributed by atoms with Crippen molar-refractivity contribution in [2.24, 2.45) is 0 Å². The second-order valence-corrected chi connectivity index (χ2v) is 5.46. The minimum atomic E-state index is -5.00. The van der Waals surface area contributed by atoms with Gasteiger partial charge in [0.15, 0.2) is 0 Å². The van der Waals surface area contributed by atoms with Crippen molar-refractivity contribution in [3.8, 4) is 0 Å². The van der Waals surface area contributed by atoms with Gasteiger partial charge in [0.1, 0.15) is 0 Å². The van der Waals surface area contributed by atoms with E-state index in [1.165, 1.54) is 24.3 Å². The number of amides is 3. The van der Waals surface area contributed by atoms with Crippen LogP contribution in [0.4, 0.5) is 18.9 Å². The van der Waals surface area contributed by atoms with Crippen molar-refractivity contribution in [1.82, 2.24) is 5.32 Å². The van der Waals surface area contributed by atoms with Gasteiger partial charge in [-0.1, -0.05) is 30.3 Å². The fourth-order valence-corrected chi connectivity index (χ4v) is 2.49. The van der Waals surface area contributed by atoms with Crippen molar-refractivity contribution in [1.29, 1.82) is 0 Å². The van der Waals surface area contributed by atoms with Crippen molar-refractivity contribution in [2.45, 2.75) is 6.18 Å². The summed E-state index contributed by atoms with van der Waals surface area (Å²) in [7, 11) is 0. The van der Waals surface area contributed by atoms with Crippen LogP contribution in [0, 0.1) is 0 Å². The van der Waals surface area contributed by atoms with Gasteiger partial charge >= 0.3 is 12.1 Å². The quantitative estimate of drug-likeness (QED) is 0.639. The molecule has 132 valence electrons. The van der Waals surface area contributed by atoms with Crippen LogP contribution < -0.4 is 10.6 Å². The largest absolute Gasteiger partial charge is 0.471 e. The molecule has 26 heavy (non-hydrogen) atoms. The van der Waals surface area contributed by atoms with Gasteiger partial charge < -0.3 is 5.32 Å². The minimum absolute atomic E-state index is 0.0674. The van der Waals surface area contributed by atoms with Gasteiger partial charge in [0.05, 0.1) is 0 Å². The Morgan fingerprint density at radius 2 is 1.65 bits per heavy atom. The number of rotatable bonds is 2. The molecule has 1 aliphatic rings. The summed E-state index contributed by atoms with van der Waals surface area (Å²) < 4.78 is 37.1. The molecule has 0 saturated carbocycles. The van der Waals surface area contributed by atoms with Crippen LogP contribution in [0.15, 0.2) is 48.5 Å². The third kappa shape index (κ3) is 3.49. The maximum absolute atomic E-state index is 12.4. The molecule has 0 fully saturated rings. The molecule has 3 rings (SSSR count). The van der Waals surface area contributed by atoms with Gasteiger partial charge in [0, 0.05) is 16.8 Å². The highest BCUT2D eigenvalue weighted by molar-refractivity contribution is 6.33. The Bertz CT molecular complexity index is 949. The fourth-order valence-electron chi connectivity index (χ4n) is 2.49. The molecule has 8 heteroatoms. The monoisotopic (exact) mass is 360 g/mol. The summed E-state index contributed by atoms with van der Waals surface area (Å²) in [6, 6.07) is 12.1. The lowest BCUT2D eigenvalue weighted by atomic mass is 9.93. The Hall–Kier alpha value is -3.42. The molecular weight excluding hydrogens is 349 g/mol. The van der Waals surface area contributed by atoms with E-state index in [4.69, 9.17) is 0 Å². The van der Waals surface area contributed by atoms with Crippen LogP contribution in [0.1, 0.15) is 21.5 Å². The maximum atomic E-state index is 12.4. The van der Waals surface area contributed by atoms with Gasteiger partial charge in [0.2, 0.25) is 0 Å². The second kappa shape index (κ2) is 6.47. The summed E-state index contributed by atoms with van der Waals surface area (Å²) >= 11 is 0. The lowest BCUT2D eigenvalue weighted by molar-refractivity contribution is -0.167. The highest BCUT2D eigenvalue weighted by Crippen LogP contribution is 2.27. The van der Waals surface area contributed by atoms with E-state index in [1.54, 1.807) is 35.6 Å². The number of carbonyl (C=O) groups excluding carboxylic acids is 3. The van der Waals surface area contributed by atoms with Gasteiger partial charge in [0.25, 0.3) is 11.8 Å². The molecule has 0 bridgehead atoms. The number of alkyl halides is 3. The number of anilines is 1. The highest BCUT2D eigenvalue weighted by Gasteiger charge is 2.38. The third-order valence-corrected chi connectivity index (χ3v) is 3.65. The summed E-state index contributed by atoms with van der Waals surface area (Å²) in [5.41, 5.74) is 1.26. The predicted molar refractivity (Wildman–Crippen MR) is 87.9 cm³/mol. The lowest BCUT2D eigenvalue weighted by Crippen LogP contribution is -2.36. The van der Waals surface area contributed by atoms with E-state index in [1.807, 2.05) is 0 Å². The summed E-state index contributed by atoms with van der Waals surface area (Å²) in [6.45, 7) is 0. The third-order valence-electron chi connectivity index (χ3n) is 3.65. The molecule has 0 spiro atoms. The zero-order valence-corrected chi connectivity index (χ0v) is 13.1. The first-order valence-electron chi connectivity index (χ1n) is 7.41. The molecule has 0 aromatic heterocycles. The molecule has 0 radical (unpaired) electrons. The first kappa shape index (κ1) is 17.4. The Balaban J connectivity index is 1.97. The number of hydrogen-bond donors (Lipinski definition) is 2. The zero-order chi connectivity index (χ0) is 18.9. The number of hydrogen-bond acceptors (Lipinski definition) is 3. The first-order chi connectivity index (χ1) is 12.3. The van der Waals surface area contributed by atoms with E-state index >= 15 is 0 Å². The van der Waals surface area contributed by atoms with Gasteiger partial charge in [-0.2, -0.15) is 13.2 Å². The fraction of sp³-hybridized carbons (Fsp3) is 0.0556. The van der Waals surface area contributed by atoms with Crippen LogP contribution in [-0.2, 0) is 9.59 Å². The van der Waals surface area contributed by atoms with E-state index < -0.39 is 23.9 Å². The second-order valence-electron chi connectivity index (χ2n) is 5.46. The molecule has 1 heterocycles. The maximum Gasteiger partial charge on any atom is 0.471 e. The van der Waals surface area contributed by atoms with Crippen molar-refractivity contribution in [3.05, 3.63) is 65.2 Å². The standard InChI is InChI=1S/C18H11F3N2O3/c19-18(20,21)17(26)22-11-5-3-4-10(8-11)9-14-12-6-1-2-7-13(12)15(24)23-16(14)25/h1-9H,(H,22,26)(H,23,24,25)/b14-9-. The van der Waals surface area contributed by atoms with Crippen LogP contribution >= 0.6 is 0 Å². The predicted octanol–water partition coefficient (Wildman–Crippen LogP) is 3.00. The molecule has 2 aromatic rings. The Labute approximate surface area is 145 Å². The number of fused-ring (bicyclic) bond motifs is 1. The average molecular weight is 360 g/mol. The van der Waals surface area contributed by atoms with Crippen LogP contribution in [0.2, 0.25) is 0 Å². The SMILES string of the molecule is O=C1NC(=O)c2ccccc2/C1=C/c1cccc(NC(=O)C(F)(F)F)c1. The summed E-state index contributed by atoms with van der Waals surface area (Å²) in [5.74, 6) is -3.22. The van der Waals surface area contributed by atoms with E-state index in [-0.39, 0.29) is 11.3 Å².